The molecule has 0 aliphatic heterocycles. The molecule has 0 aromatic heterocycles. The lowest BCUT2D eigenvalue weighted by Gasteiger charge is -2.41. The van der Waals surface area contributed by atoms with Crippen LogP contribution in [0.1, 0.15) is 71.1 Å². The van der Waals surface area contributed by atoms with E-state index in [1.54, 1.807) is 0 Å². The number of nitrogens with zero attached hydrogens (tertiary/aromatic N) is 1. The van der Waals surface area contributed by atoms with Gasteiger partial charge < -0.3 is 9.64 Å². The van der Waals surface area contributed by atoms with E-state index in [4.69, 9.17) is 4.74 Å². The highest BCUT2D eigenvalue weighted by atomic mass is 16.5. The number of hydrogen-bond donors (Lipinski definition) is 0. The fourth-order valence-corrected chi connectivity index (χ4v) is 3.69. The summed E-state index contributed by atoms with van der Waals surface area (Å²) in [6.07, 6.45) is 12.6. The molecule has 2 saturated carbocycles. The van der Waals surface area contributed by atoms with Crippen molar-refractivity contribution in [3.05, 3.63) is 0 Å². The SMILES string of the molecule is CCOCC(=O)N(C1CCCCC1)C1CCCCC1. The van der Waals surface area contributed by atoms with E-state index in [-0.39, 0.29) is 12.5 Å². The summed E-state index contributed by atoms with van der Waals surface area (Å²) in [4.78, 5) is 14.7. The molecular weight excluding hydrogens is 238 g/mol. The number of carbonyl (C=O) groups is 1. The Bertz CT molecular complexity index is 250. The van der Waals surface area contributed by atoms with Gasteiger partial charge in [-0.05, 0) is 32.6 Å². The van der Waals surface area contributed by atoms with Crippen molar-refractivity contribution in [2.24, 2.45) is 0 Å². The van der Waals surface area contributed by atoms with Gasteiger partial charge in [-0.15, -0.1) is 0 Å². The fraction of sp³-hybridized carbons (Fsp3) is 0.938. The Kier molecular flexibility index (Phi) is 6.15. The molecule has 3 nitrogen and oxygen atoms in total. The third-order valence-electron chi connectivity index (χ3n) is 4.65. The van der Waals surface area contributed by atoms with Crippen molar-refractivity contribution in [3.63, 3.8) is 0 Å². The van der Waals surface area contributed by atoms with Crippen molar-refractivity contribution in [2.45, 2.75) is 83.2 Å². The number of amides is 1. The first-order chi connectivity index (χ1) is 9.33. The molecule has 0 atom stereocenters. The normalized spacial score (nSPS) is 22.4. The quantitative estimate of drug-likeness (QED) is 0.763. The summed E-state index contributed by atoms with van der Waals surface area (Å²) in [6, 6.07) is 0.981. The van der Waals surface area contributed by atoms with Crippen LogP contribution in [0.2, 0.25) is 0 Å². The van der Waals surface area contributed by atoms with Gasteiger partial charge in [0, 0.05) is 18.7 Å². The number of ether oxygens (including phenoxy) is 1. The first-order valence-corrected chi connectivity index (χ1v) is 8.22. The summed E-state index contributed by atoms with van der Waals surface area (Å²) < 4.78 is 5.37. The average Bonchev–Trinajstić information content (AvgIpc) is 2.47. The highest BCUT2D eigenvalue weighted by Gasteiger charge is 2.32. The van der Waals surface area contributed by atoms with Crippen LogP contribution in [0.15, 0.2) is 0 Å². The van der Waals surface area contributed by atoms with E-state index in [2.05, 4.69) is 4.90 Å². The molecule has 0 unspecified atom stereocenters. The van der Waals surface area contributed by atoms with Crippen molar-refractivity contribution in [1.82, 2.24) is 4.90 Å². The molecule has 2 aliphatic rings. The second kappa shape index (κ2) is 7.88. The molecule has 0 aromatic rings. The summed E-state index contributed by atoms with van der Waals surface area (Å²) in [6.45, 7) is 2.87. The second-order valence-electron chi connectivity index (χ2n) is 6.02. The third kappa shape index (κ3) is 4.20. The van der Waals surface area contributed by atoms with Gasteiger partial charge in [0.2, 0.25) is 5.91 Å². The number of carbonyl (C=O) groups excluding carboxylic acids is 1. The molecule has 2 rings (SSSR count). The maximum absolute atomic E-state index is 12.5. The Hall–Kier alpha value is -0.570. The standard InChI is InChI=1S/C16H29NO2/c1-2-19-13-16(18)17(14-9-5-3-6-10-14)15-11-7-4-8-12-15/h14-15H,2-13H2,1H3. The van der Waals surface area contributed by atoms with E-state index < -0.39 is 0 Å². The molecule has 2 aliphatic carbocycles. The molecule has 0 bridgehead atoms. The lowest BCUT2D eigenvalue weighted by Crippen LogP contribution is -2.50. The molecule has 0 spiro atoms. The van der Waals surface area contributed by atoms with Gasteiger partial charge in [0.1, 0.15) is 6.61 Å². The van der Waals surface area contributed by atoms with Gasteiger partial charge in [-0.2, -0.15) is 0 Å². The average molecular weight is 267 g/mol. The van der Waals surface area contributed by atoms with Crippen LogP contribution in [-0.4, -0.2) is 36.1 Å². The third-order valence-corrected chi connectivity index (χ3v) is 4.65. The lowest BCUT2D eigenvalue weighted by molar-refractivity contribution is -0.142. The van der Waals surface area contributed by atoms with Gasteiger partial charge in [0.05, 0.1) is 0 Å². The van der Waals surface area contributed by atoms with Gasteiger partial charge in [0.15, 0.2) is 0 Å². The molecule has 0 aromatic carbocycles. The molecule has 0 N–H and O–H groups in total. The first kappa shape index (κ1) is 14.8. The van der Waals surface area contributed by atoms with Crippen LogP contribution < -0.4 is 0 Å². The minimum Gasteiger partial charge on any atom is -0.372 e. The summed E-state index contributed by atoms with van der Waals surface area (Å²) >= 11 is 0. The molecule has 1 amide bonds. The highest BCUT2D eigenvalue weighted by Crippen LogP contribution is 2.30. The summed E-state index contributed by atoms with van der Waals surface area (Å²) in [5.41, 5.74) is 0. The topological polar surface area (TPSA) is 29.5 Å². The van der Waals surface area contributed by atoms with Crippen LogP contribution in [0.5, 0.6) is 0 Å². The predicted octanol–water partition coefficient (Wildman–Crippen LogP) is 3.52. The fourth-order valence-electron chi connectivity index (χ4n) is 3.69. The molecule has 2 fully saturated rings. The summed E-state index contributed by atoms with van der Waals surface area (Å²) in [5, 5.41) is 0. The maximum Gasteiger partial charge on any atom is 0.249 e. The molecule has 0 radical (unpaired) electrons. The lowest BCUT2D eigenvalue weighted by atomic mass is 9.88. The van der Waals surface area contributed by atoms with Crippen molar-refractivity contribution >= 4 is 5.91 Å². The molecule has 19 heavy (non-hydrogen) atoms. The minimum absolute atomic E-state index is 0.237. The van der Waals surface area contributed by atoms with Crippen LogP contribution in [0.3, 0.4) is 0 Å². The van der Waals surface area contributed by atoms with E-state index in [9.17, 15) is 4.79 Å². The Morgan fingerprint density at radius 3 is 1.84 bits per heavy atom. The van der Waals surface area contributed by atoms with E-state index in [1.807, 2.05) is 6.92 Å². The second-order valence-corrected chi connectivity index (χ2v) is 6.02. The van der Waals surface area contributed by atoms with Crippen molar-refractivity contribution in [1.29, 1.82) is 0 Å². The van der Waals surface area contributed by atoms with Crippen LogP contribution in [0.4, 0.5) is 0 Å². The van der Waals surface area contributed by atoms with E-state index in [1.165, 1.54) is 64.2 Å². The van der Waals surface area contributed by atoms with Crippen molar-refractivity contribution in [3.8, 4) is 0 Å². The van der Waals surface area contributed by atoms with Crippen molar-refractivity contribution in [2.75, 3.05) is 13.2 Å². The van der Waals surface area contributed by atoms with Crippen LogP contribution in [-0.2, 0) is 9.53 Å². The molecule has 0 heterocycles. The zero-order valence-electron chi connectivity index (χ0n) is 12.4. The predicted molar refractivity (Wildman–Crippen MR) is 77.1 cm³/mol. The van der Waals surface area contributed by atoms with Gasteiger partial charge in [-0.1, -0.05) is 38.5 Å². The first-order valence-electron chi connectivity index (χ1n) is 8.22. The van der Waals surface area contributed by atoms with E-state index in [0.717, 1.165) is 0 Å². The summed E-state index contributed by atoms with van der Waals surface area (Å²) in [5.74, 6) is 0.237. The monoisotopic (exact) mass is 267 g/mol. The van der Waals surface area contributed by atoms with Gasteiger partial charge in [0.25, 0.3) is 0 Å². The molecule has 3 heteroatoms. The zero-order valence-corrected chi connectivity index (χ0v) is 12.4. The Morgan fingerprint density at radius 1 is 0.947 bits per heavy atom. The Balaban J connectivity index is 1.99. The zero-order chi connectivity index (χ0) is 13.5. The van der Waals surface area contributed by atoms with Crippen molar-refractivity contribution < 1.29 is 9.53 Å². The molecule has 0 saturated heterocycles. The van der Waals surface area contributed by atoms with E-state index in [0.29, 0.717) is 18.7 Å². The number of hydrogen-bond acceptors (Lipinski definition) is 2. The summed E-state index contributed by atoms with van der Waals surface area (Å²) in [7, 11) is 0. The maximum atomic E-state index is 12.5. The Labute approximate surface area is 117 Å². The van der Waals surface area contributed by atoms with E-state index >= 15 is 0 Å². The Morgan fingerprint density at radius 2 is 1.42 bits per heavy atom. The minimum atomic E-state index is 0.237. The smallest absolute Gasteiger partial charge is 0.249 e. The number of rotatable bonds is 5. The largest absolute Gasteiger partial charge is 0.372 e. The van der Waals surface area contributed by atoms with Crippen LogP contribution in [0.25, 0.3) is 0 Å². The highest BCUT2D eigenvalue weighted by molar-refractivity contribution is 5.78. The van der Waals surface area contributed by atoms with Gasteiger partial charge >= 0.3 is 0 Å². The molecular formula is C16H29NO2. The van der Waals surface area contributed by atoms with Crippen LogP contribution in [0, 0.1) is 0 Å². The van der Waals surface area contributed by atoms with Crippen LogP contribution >= 0.6 is 0 Å². The molecule has 110 valence electrons. The van der Waals surface area contributed by atoms with Gasteiger partial charge in [-0.25, -0.2) is 0 Å². The van der Waals surface area contributed by atoms with Gasteiger partial charge in [-0.3, -0.25) is 4.79 Å².